The Morgan fingerprint density at radius 3 is 2.95 bits per heavy atom. The van der Waals surface area contributed by atoms with Gasteiger partial charge in [-0.1, -0.05) is 0 Å². The molecule has 3 rings (SSSR count). The van der Waals surface area contributed by atoms with Crippen LogP contribution in [0.15, 0.2) is 36.4 Å². The fourth-order valence-corrected chi connectivity index (χ4v) is 2.22. The largest absolute Gasteiger partial charge is 0.508 e. The molecule has 0 aromatic heterocycles. The quantitative estimate of drug-likeness (QED) is 0.880. The van der Waals surface area contributed by atoms with Crippen molar-refractivity contribution >= 4 is 5.69 Å². The summed E-state index contributed by atoms with van der Waals surface area (Å²) < 4.78 is 18.7. The first-order valence-electron chi connectivity index (χ1n) is 6.09. The molecular formula is C15H11FN2O2. The van der Waals surface area contributed by atoms with E-state index in [1.165, 1.54) is 12.1 Å². The molecule has 1 aliphatic rings. The van der Waals surface area contributed by atoms with E-state index in [2.05, 4.69) is 5.32 Å². The summed E-state index contributed by atoms with van der Waals surface area (Å²) in [5, 5.41) is 21.4. The highest BCUT2D eigenvalue weighted by Crippen LogP contribution is 2.36. The Bertz CT molecular complexity index is 710. The van der Waals surface area contributed by atoms with Crippen molar-refractivity contribution in [3.63, 3.8) is 0 Å². The van der Waals surface area contributed by atoms with E-state index in [9.17, 15) is 9.50 Å². The van der Waals surface area contributed by atoms with Gasteiger partial charge in [-0.05, 0) is 30.3 Å². The molecule has 4 nitrogen and oxygen atoms in total. The third-order valence-electron chi connectivity index (χ3n) is 3.21. The van der Waals surface area contributed by atoms with Gasteiger partial charge in [-0.3, -0.25) is 0 Å². The third-order valence-corrected chi connectivity index (χ3v) is 3.21. The number of ether oxygens (including phenoxy) is 1. The van der Waals surface area contributed by atoms with Crippen LogP contribution in [0.4, 0.5) is 10.1 Å². The van der Waals surface area contributed by atoms with Gasteiger partial charge in [0.1, 0.15) is 30.0 Å². The number of phenols is 1. The van der Waals surface area contributed by atoms with Crippen LogP contribution < -0.4 is 10.1 Å². The SMILES string of the molecule is N#Cc1cc(NC2COc3cc(O)ccc32)ccc1F. The zero-order valence-electron chi connectivity index (χ0n) is 10.4. The molecule has 0 spiro atoms. The van der Waals surface area contributed by atoms with Crippen molar-refractivity contribution in [1.82, 2.24) is 0 Å². The Morgan fingerprint density at radius 2 is 2.15 bits per heavy atom. The molecule has 2 aromatic rings. The van der Waals surface area contributed by atoms with Gasteiger partial charge in [-0.2, -0.15) is 5.26 Å². The van der Waals surface area contributed by atoms with E-state index in [0.29, 0.717) is 18.0 Å². The Morgan fingerprint density at radius 1 is 1.30 bits per heavy atom. The number of hydrogen-bond acceptors (Lipinski definition) is 4. The normalized spacial score (nSPS) is 16.1. The molecule has 0 saturated heterocycles. The first kappa shape index (κ1) is 12.3. The number of nitrogens with one attached hydrogen (secondary N) is 1. The molecule has 1 aliphatic heterocycles. The van der Waals surface area contributed by atoms with Gasteiger partial charge in [0.25, 0.3) is 0 Å². The molecule has 100 valence electrons. The number of rotatable bonds is 2. The predicted octanol–water partition coefficient (Wildman–Crippen LogP) is 2.95. The molecule has 0 amide bonds. The van der Waals surface area contributed by atoms with Crippen LogP contribution in [-0.2, 0) is 0 Å². The Kier molecular flexibility index (Phi) is 2.92. The van der Waals surface area contributed by atoms with Crippen LogP contribution in [0, 0.1) is 17.1 Å². The smallest absolute Gasteiger partial charge is 0.141 e. The third kappa shape index (κ3) is 2.12. The molecule has 2 N–H and O–H groups in total. The van der Waals surface area contributed by atoms with E-state index >= 15 is 0 Å². The summed E-state index contributed by atoms with van der Waals surface area (Å²) in [7, 11) is 0. The number of aromatic hydroxyl groups is 1. The number of fused-ring (bicyclic) bond motifs is 1. The van der Waals surface area contributed by atoms with Crippen LogP contribution >= 0.6 is 0 Å². The highest BCUT2D eigenvalue weighted by atomic mass is 19.1. The van der Waals surface area contributed by atoms with Crippen LogP contribution in [0.2, 0.25) is 0 Å². The lowest BCUT2D eigenvalue weighted by Crippen LogP contribution is -2.12. The van der Waals surface area contributed by atoms with E-state index in [1.54, 1.807) is 24.3 Å². The summed E-state index contributed by atoms with van der Waals surface area (Å²) in [5.41, 5.74) is 1.57. The topological polar surface area (TPSA) is 65.3 Å². The second-order valence-electron chi connectivity index (χ2n) is 4.54. The minimum Gasteiger partial charge on any atom is -0.508 e. The minimum atomic E-state index is -0.536. The van der Waals surface area contributed by atoms with Crippen LogP contribution in [0.3, 0.4) is 0 Å². The number of hydrogen-bond donors (Lipinski definition) is 2. The molecule has 0 radical (unpaired) electrons. The average molecular weight is 270 g/mol. The van der Waals surface area contributed by atoms with E-state index in [1.807, 2.05) is 6.07 Å². The van der Waals surface area contributed by atoms with E-state index < -0.39 is 5.82 Å². The molecule has 0 saturated carbocycles. The Hall–Kier alpha value is -2.74. The molecule has 1 atom stereocenters. The van der Waals surface area contributed by atoms with E-state index in [0.717, 1.165) is 5.56 Å². The fourth-order valence-electron chi connectivity index (χ4n) is 2.22. The number of phenolic OH excluding ortho intramolecular Hbond substituents is 1. The van der Waals surface area contributed by atoms with Gasteiger partial charge in [0.15, 0.2) is 0 Å². The summed E-state index contributed by atoms with van der Waals surface area (Å²) in [6.07, 6.45) is 0. The summed E-state index contributed by atoms with van der Waals surface area (Å²) in [4.78, 5) is 0. The van der Waals surface area contributed by atoms with E-state index in [-0.39, 0.29) is 17.4 Å². The number of anilines is 1. The van der Waals surface area contributed by atoms with Crippen LogP contribution in [0.25, 0.3) is 0 Å². The number of halogens is 1. The number of benzene rings is 2. The molecule has 0 aliphatic carbocycles. The Balaban J connectivity index is 1.86. The lowest BCUT2D eigenvalue weighted by molar-refractivity contribution is 0.338. The minimum absolute atomic E-state index is 0.000144. The van der Waals surface area contributed by atoms with Crippen molar-refractivity contribution in [3.05, 3.63) is 53.3 Å². The van der Waals surface area contributed by atoms with Crippen molar-refractivity contribution < 1.29 is 14.2 Å². The van der Waals surface area contributed by atoms with Crippen LogP contribution in [0.5, 0.6) is 11.5 Å². The van der Waals surface area contributed by atoms with Gasteiger partial charge >= 0.3 is 0 Å². The molecule has 0 fully saturated rings. The van der Waals surface area contributed by atoms with Crippen molar-refractivity contribution in [3.8, 4) is 17.6 Å². The van der Waals surface area contributed by atoms with Gasteiger partial charge < -0.3 is 15.2 Å². The van der Waals surface area contributed by atoms with Gasteiger partial charge in [0.05, 0.1) is 11.6 Å². The van der Waals surface area contributed by atoms with Gasteiger partial charge in [-0.15, -0.1) is 0 Å². The number of nitriles is 1. The molecule has 1 heterocycles. The average Bonchev–Trinajstić information content (AvgIpc) is 2.83. The molecule has 5 heteroatoms. The summed E-state index contributed by atoms with van der Waals surface area (Å²) in [6, 6.07) is 10.9. The zero-order chi connectivity index (χ0) is 14.1. The molecule has 0 bridgehead atoms. The molecule has 20 heavy (non-hydrogen) atoms. The second-order valence-corrected chi connectivity index (χ2v) is 4.54. The molecule has 1 unspecified atom stereocenters. The number of nitrogens with zero attached hydrogens (tertiary/aromatic N) is 1. The van der Waals surface area contributed by atoms with Crippen molar-refractivity contribution in [1.29, 1.82) is 5.26 Å². The van der Waals surface area contributed by atoms with Crippen molar-refractivity contribution in [2.24, 2.45) is 0 Å². The lowest BCUT2D eigenvalue weighted by Gasteiger charge is -2.13. The fraction of sp³-hybridized carbons (Fsp3) is 0.133. The summed E-state index contributed by atoms with van der Waals surface area (Å²) in [5.74, 6) is 0.245. The zero-order valence-corrected chi connectivity index (χ0v) is 10.4. The maximum atomic E-state index is 13.3. The summed E-state index contributed by atoms with van der Waals surface area (Å²) in [6.45, 7) is 0.415. The highest BCUT2D eigenvalue weighted by molar-refractivity contribution is 5.54. The van der Waals surface area contributed by atoms with E-state index in [4.69, 9.17) is 10.00 Å². The van der Waals surface area contributed by atoms with Gasteiger partial charge in [0, 0.05) is 17.3 Å². The molecule has 2 aromatic carbocycles. The maximum absolute atomic E-state index is 13.3. The first-order chi connectivity index (χ1) is 9.67. The van der Waals surface area contributed by atoms with Crippen LogP contribution in [-0.4, -0.2) is 11.7 Å². The predicted molar refractivity (Wildman–Crippen MR) is 71.1 cm³/mol. The van der Waals surface area contributed by atoms with Gasteiger partial charge in [-0.25, -0.2) is 4.39 Å². The highest BCUT2D eigenvalue weighted by Gasteiger charge is 2.24. The first-order valence-corrected chi connectivity index (χ1v) is 6.09. The summed E-state index contributed by atoms with van der Waals surface area (Å²) >= 11 is 0. The van der Waals surface area contributed by atoms with Crippen LogP contribution in [0.1, 0.15) is 17.2 Å². The van der Waals surface area contributed by atoms with Gasteiger partial charge in [0.2, 0.25) is 0 Å². The monoisotopic (exact) mass is 270 g/mol. The second kappa shape index (κ2) is 4.74. The Labute approximate surface area is 115 Å². The standard InChI is InChI=1S/C15H11FN2O2/c16-13-4-1-10(5-9(13)7-17)18-14-8-20-15-6-11(19)2-3-12(14)15/h1-6,14,18-19H,8H2. The van der Waals surface area contributed by atoms with Crippen molar-refractivity contribution in [2.75, 3.05) is 11.9 Å². The lowest BCUT2D eigenvalue weighted by atomic mass is 10.1. The molecular weight excluding hydrogens is 259 g/mol. The maximum Gasteiger partial charge on any atom is 0.141 e. The van der Waals surface area contributed by atoms with Crippen molar-refractivity contribution in [2.45, 2.75) is 6.04 Å².